The minimum Gasteiger partial charge on any atom is -0.368 e. The highest BCUT2D eigenvalue weighted by molar-refractivity contribution is 5.78. The van der Waals surface area contributed by atoms with E-state index in [0.29, 0.717) is 26.1 Å². The number of aryl methyl sites for hydroxylation is 1. The molecule has 5 heteroatoms. The van der Waals surface area contributed by atoms with Crippen LogP contribution >= 0.6 is 0 Å². The predicted molar refractivity (Wildman–Crippen MR) is 88.4 cm³/mol. The Kier molecular flexibility index (Phi) is 5.41. The highest BCUT2D eigenvalue weighted by Crippen LogP contribution is 2.23. The lowest BCUT2D eigenvalue weighted by Crippen LogP contribution is -2.52. The van der Waals surface area contributed by atoms with Gasteiger partial charge in [0.15, 0.2) is 0 Å². The van der Waals surface area contributed by atoms with Crippen LogP contribution in [0.1, 0.15) is 24.5 Å². The molecule has 0 spiro atoms. The standard InChI is InChI=1S/C17H25N3O2/c1-13-5-4-6-16(15(13)3)19-9-11-20(12-10-19)17(22)18-8-7-14(2)21/h4-6H,7-12H2,1-3H3,(H,18,22). The average molecular weight is 303 g/mol. The van der Waals surface area contributed by atoms with Gasteiger partial charge in [-0.25, -0.2) is 4.79 Å². The quantitative estimate of drug-likeness (QED) is 0.927. The zero-order valence-electron chi connectivity index (χ0n) is 13.7. The number of nitrogens with zero attached hydrogens (tertiary/aromatic N) is 2. The van der Waals surface area contributed by atoms with Crippen molar-refractivity contribution in [2.45, 2.75) is 27.2 Å². The number of nitrogens with one attached hydrogen (secondary N) is 1. The SMILES string of the molecule is CC(=O)CCNC(=O)N1CCN(c2cccc(C)c2C)CC1. The summed E-state index contributed by atoms with van der Waals surface area (Å²) in [5.41, 5.74) is 3.86. The predicted octanol–water partition coefficient (Wildman–Crippen LogP) is 2.11. The summed E-state index contributed by atoms with van der Waals surface area (Å²) in [7, 11) is 0. The largest absolute Gasteiger partial charge is 0.368 e. The van der Waals surface area contributed by atoms with Gasteiger partial charge >= 0.3 is 6.03 Å². The van der Waals surface area contributed by atoms with Crippen LogP contribution in [0.4, 0.5) is 10.5 Å². The first-order valence-corrected chi connectivity index (χ1v) is 7.82. The minimum absolute atomic E-state index is 0.0677. The third-order valence-electron chi connectivity index (χ3n) is 4.24. The van der Waals surface area contributed by atoms with Crippen molar-refractivity contribution in [2.24, 2.45) is 0 Å². The lowest BCUT2D eigenvalue weighted by atomic mass is 10.1. The summed E-state index contributed by atoms with van der Waals surface area (Å²) in [5.74, 6) is 0.0973. The van der Waals surface area contributed by atoms with Crippen molar-refractivity contribution in [2.75, 3.05) is 37.6 Å². The summed E-state index contributed by atoms with van der Waals surface area (Å²) in [6, 6.07) is 6.28. The van der Waals surface area contributed by atoms with Crippen LogP contribution in [0.5, 0.6) is 0 Å². The first-order chi connectivity index (χ1) is 10.5. The van der Waals surface area contributed by atoms with Gasteiger partial charge in [-0.3, -0.25) is 4.79 Å². The number of amides is 2. The van der Waals surface area contributed by atoms with Gasteiger partial charge in [0.2, 0.25) is 0 Å². The van der Waals surface area contributed by atoms with Gasteiger partial charge in [-0.05, 0) is 38.0 Å². The molecule has 1 aliphatic rings. The molecule has 1 heterocycles. The van der Waals surface area contributed by atoms with Gasteiger partial charge in [0, 0.05) is 44.8 Å². The third kappa shape index (κ3) is 4.00. The zero-order chi connectivity index (χ0) is 16.1. The van der Waals surface area contributed by atoms with E-state index in [0.717, 1.165) is 13.1 Å². The van der Waals surface area contributed by atoms with Gasteiger partial charge in [0.05, 0.1) is 0 Å². The fourth-order valence-electron chi connectivity index (χ4n) is 2.69. The van der Waals surface area contributed by atoms with Gasteiger partial charge in [-0.2, -0.15) is 0 Å². The van der Waals surface area contributed by atoms with Crippen LogP contribution in [0.15, 0.2) is 18.2 Å². The molecule has 2 amide bonds. The van der Waals surface area contributed by atoms with Crippen LogP contribution in [0.2, 0.25) is 0 Å². The molecule has 120 valence electrons. The van der Waals surface area contributed by atoms with E-state index >= 15 is 0 Å². The van der Waals surface area contributed by atoms with Crippen molar-refractivity contribution in [1.82, 2.24) is 10.2 Å². The van der Waals surface area contributed by atoms with Crippen molar-refractivity contribution in [3.63, 3.8) is 0 Å². The van der Waals surface area contributed by atoms with Crippen LogP contribution in [-0.4, -0.2) is 49.4 Å². The third-order valence-corrected chi connectivity index (χ3v) is 4.24. The maximum Gasteiger partial charge on any atom is 0.317 e. The molecule has 0 bridgehead atoms. The summed E-state index contributed by atoms with van der Waals surface area (Å²) in [6.45, 7) is 9.32. The second-order valence-electron chi connectivity index (χ2n) is 5.88. The van der Waals surface area contributed by atoms with Crippen LogP contribution in [0, 0.1) is 13.8 Å². The average Bonchev–Trinajstić information content (AvgIpc) is 2.50. The number of rotatable bonds is 4. The van der Waals surface area contributed by atoms with Crippen LogP contribution in [-0.2, 0) is 4.79 Å². The number of anilines is 1. The Bertz CT molecular complexity index is 549. The van der Waals surface area contributed by atoms with Crippen molar-refractivity contribution in [1.29, 1.82) is 0 Å². The molecule has 0 aromatic heterocycles. The molecule has 1 fully saturated rings. The Morgan fingerprint density at radius 2 is 1.82 bits per heavy atom. The van der Waals surface area contributed by atoms with Gasteiger partial charge in [0.25, 0.3) is 0 Å². The summed E-state index contributed by atoms with van der Waals surface area (Å²) >= 11 is 0. The fraction of sp³-hybridized carbons (Fsp3) is 0.529. The van der Waals surface area contributed by atoms with Crippen molar-refractivity contribution in [3.8, 4) is 0 Å². The number of carbonyl (C=O) groups is 2. The molecule has 2 rings (SSSR count). The number of benzene rings is 1. The first kappa shape index (κ1) is 16.3. The fourth-order valence-corrected chi connectivity index (χ4v) is 2.69. The van der Waals surface area contributed by atoms with E-state index < -0.39 is 0 Å². The van der Waals surface area contributed by atoms with Crippen molar-refractivity contribution >= 4 is 17.5 Å². The molecular formula is C17H25N3O2. The number of Topliss-reactive ketones (excluding diaryl/α,β-unsaturated/α-hetero) is 1. The van der Waals surface area contributed by atoms with E-state index in [4.69, 9.17) is 0 Å². The number of ketones is 1. The molecule has 1 aliphatic heterocycles. The topological polar surface area (TPSA) is 52.7 Å². The van der Waals surface area contributed by atoms with E-state index in [9.17, 15) is 9.59 Å². The van der Waals surface area contributed by atoms with Crippen molar-refractivity contribution < 1.29 is 9.59 Å². The molecule has 1 saturated heterocycles. The molecule has 0 aliphatic carbocycles. The monoisotopic (exact) mass is 303 g/mol. The highest BCUT2D eigenvalue weighted by atomic mass is 16.2. The molecule has 0 unspecified atom stereocenters. The molecule has 0 radical (unpaired) electrons. The van der Waals surface area contributed by atoms with Gasteiger partial charge in [-0.15, -0.1) is 0 Å². The van der Waals surface area contributed by atoms with E-state index in [1.807, 2.05) is 4.90 Å². The molecule has 0 saturated carbocycles. The summed E-state index contributed by atoms with van der Waals surface area (Å²) in [5, 5.41) is 2.81. The number of piperazine rings is 1. The molecule has 1 N–H and O–H groups in total. The molecule has 1 aromatic carbocycles. The second-order valence-corrected chi connectivity index (χ2v) is 5.88. The van der Waals surface area contributed by atoms with E-state index in [2.05, 4.69) is 42.3 Å². The van der Waals surface area contributed by atoms with Crippen LogP contribution in [0.3, 0.4) is 0 Å². The zero-order valence-corrected chi connectivity index (χ0v) is 13.7. The van der Waals surface area contributed by atoms with Crippen molar-refractivity contribution in [3.05, 3.63) is 29.3 Å². The Labute approximate surface area is 132 Å². The van der Waals surface area contributed by atoms with E-state index in [1.165, 1.54) is 23.7 Å². The van der Waals surface area contributed by atoms with E-state index in [1.54, 1.807) is 0 Å². The molecular weight excluding hydrogens is 278 g/mol. The van der Waals surface area contributed by atoms with Gasteiger partial charge in [0.1, 0.15) is 5.78 Å². The number of urea groups is 1. The number of hydrogen-bond acceptors (Lipinski definition) is 3. The molecule has 22 heavy (non-hydrogen) atoms. The number of hydrogen-bond donors (Lipinski definition) is 1. The minimum atomic E-state index is -0.0677. The lowest BCUT2D eigenvalue weighted by molar-refractivity contribution is -0.116. The Hall–Kier alpha value is -2.04. The second kappa shape index (κ2) is 7.29. The van der Waals surface area contributed by atoms with Gasteiger partial charge in [-0.1, -0.05) is 12.1 Å². The van der Waals surface area contributed by atoms with E-state index in [-0.39, 0.29) is 11.8 Å². The Morgan fingerprint density at radius 3 is 2.45 bits per heavy atom. The molecule has 1 aromatic rings. The molecule has 5 nitrogen and oxygen atoms in total. The molecule has 0 atom stereocenters. The highest BCUT2D eigenvalue weighted by Gasteiger charge is 2.22. The maximum absolute atomic E-state index is 12.0. The van der Waals surface area contributed by atoms with Gasteiger partial charge < -0.3 is 15.1 Å². The maximum atomic E-state index is 12.0. The number of carbonyl (C=O) groups excluding carboxylic acids is 2. The lowest BCUT2D eigenvalue weighted by Gasteiger charge is -2.37. The summed E-state index contributed by atoms with van der Waals surface area (Å²) in [6.07, 6.45) is 0.397. The smallest absolute Gasteiger partial charge is 0.317 e. The Balaban J connectivity index is 1.86. The van der Waals surface area contributed by atoms with Crippen LogP contribution in [0.25, 0.3) is 0 Å². The summed E-state index contributed by atoms with van der Waals surface area (Å²) in [4.78, 5) is 27.1. The normalized spacial score (nSPS) is 14.9. The Morgan fingerprint density at radius 1 is 1.14 bits per heavy atom. The van der Waals surface area contributed by atoms with Crippen LogP contribution < -0.4 is 10.2 Å². The summed E-state index contributed by atoms with van der Waals surface area (Å²) < 4.78 is 0. The first-order valence-electron chi connectivity index (χ1n) is 7.82.